The zero-order valence-electron chi connectivity index (χ0n) is 13.4. The third kappa shape index (κ3) is 5.09. The highest BCUT2D eigenvalue weighted by Gasteiger charge is 2.28. The smallest absolute Gasteiger partial charge is 0.410 e. The number of hydrogen-bond donors (Lipinski definition) is 0. The van der Waals surface area contributed by atoms with Gasteiger partial charge in [0.25, 0.3) is 0 Å². The van der Waals surface area contributed by atoms with Crippen LogP contribution >= 0.6 is 0 Å². The first-order valence-corrected chi connectivity index (χ1v) is 8.94. The van der Waals surface area contributed by atoms with Gasteiger partial charge in [-0.2, -0.15) is 0 Å². The minimum Gasteiger partial charge on any atom is -0.444 e. The lowest BCUT2D eigenvalue weighted by Gasteiger charge is -2.33. The van der Waals surface area contributed by atoms with E-state index in [1.807, 2.05) is 32.9 Å². The van der Waals surface area contributed by atoms with Crippen LogP contribution in [0.4, 0.5) is 4.79 Å². The highest BCUT2D eigenvalue weighted by Crippen LogP contribution is 2.21. The Labute approximate surface area is 134 Å². The lowest BCUT2D eigenvalue weighted by molar-refractivity contribution is 0.0176. The van der Waals surface area contributed by atoms with Gasteiger partial charge in [0.2, 0.25) is 0 Å². The largest absolute Gasteiger partial charge is 0.444 e. The molecule has 0 unspecified atom stereocenters. The van der Waals surface area contributed by atoms with Crippen molar-refractivity contribution in [3.8, 4) is 0 Å². The highest BCUT2D eigenvalue weighted by molar-refractivity contribution is 7.84. The van der Waals surface area contributed by atoms with Crippen LogP contribution in [0, 0.1) is 5.92 Å². The van der Waals surface area contributed by atoms with Crippen molar-refractivity contribution in [1.29, 1.82) is 0 Å². The van der Waals surface area contributed by atoms with Gasteiger partial charge in [-0.05, 0) is 51.7 Å². The quantitative estimate of drug-likeness (QED) is 0.858. The number of aromatic nitrogens is 1. The van der Waals surface area contributed by atoms with Gasteiger partial charge in [0.1, 0.15) is 10.6 Å². The molecule has 1 aliphatic rings. The van der Waals surface area contributed by atoms with E-state index in [1.165, 1.54) is 0 Å². The Bertz CT molecular complexity index is 528. The molecular weight excluding hydrogens is 300 g/mol. The van der Waals surface area contributed by atoms with Crippen molar-refractivity contribution in [3.05, 3.63) is 24.4 Å². The van der Waals surface area contributed by atoms with E-state index in [-0.39, 0.29) is 12.0 Å². The van der Waals surface area contributed by atoms with E-state index >= 15 is 0 Å². The fraction of sp³-hybridized carbons (Fsp3) is 0.625. The number of carbonyl (C=O) groups excluding carboxylic acids is 1. The van der Waals surface area contributed by atoms with Gasteiger partial charge in [0, 0.05) is 25.0 Å². The second kappa shape index (κ2) is 7.22. The molecule has 0 spiro atoms. The van der Waals surface area contributed by atoms with E-state index in [2.05, 4.69) is 4.98 Å². The maximum absolute atomic E-state index is 12.3. The summed E-state index contributed by atoms with van der Waals surface area (Å²) in [6.07, 6.45) is 3.28. The number of likely N-dealkylation sites (tertiary alicyclic amines) is 1. The SMILES string of the molecule is CC(C)(C)OC(=O)N1CCC[C@@H](C[S@](=O)c2ccccn2)C1. The third-order valence-electron chi connectivity index (χ3n) is 3.43. The normalized spacial score (nSPS) is 20.5. The second-order valence-corrected chi connectivity index (χ2v) is 8.06. The lowest BCUT2D eigenvalue weighted by atomic mass is 10.0. The zero-order valence-corrected chi connectivity index (χ0v) is 14.3. The maximum Gasteiger partial charge on any atom is 0.410 e. The van der Waals surface area contributed by atoms with Crippen molar-refractivity contribution < 1.29 is 13.7 Å². The molecule has 1 fully saturated rings. The molecule has 5 nitrogen and oxygen atoms in total. The average molecular weight is 324 g/mol. The Balaban J connectivity index is 1.91. The fourth-order valence-electron chi connectivity index (χ4n) is 2.47. The number of carbonyl (C=O) groups is 1. The van der Waals surface area contributed by atoms with Crippen molar-refractivity contribution in [3.63, 3.8) is 0 Å². The summed E-state index contributed by atoms with van der Waals surface area (Å²) in [5.41, 5.74) is -0.485. The number of pyridine rings is 1. The Kier molecular flexibility index (Phi) is 5.56. The molecule has 2 heterocycles. The number of rotatable bonds is 3. The molecule has 1 saturated heterocycles. The molecule has 1 aromatic rings. The van der Waals surface area contributed by atoms with Gasteiger partial charge in [-0.25, -0.2) is 9.78 Å². The summed E-state index contributed by atoms with van der Waals surface area (Å²) in [6.45, 7) is 6.91. The summed E-state index contributed by atoms with van der Waals surface area (Å²) in [7, 11) is -1.12. The number of hydrogen-bond acceptors (Lipinski definition) is 4. The van der Waals surface area contributed by atoms with Crippen LogP contribution in [-0.2, 0) is 15.5 Å². The summed E-state index contributed by atoms with van der Waals surface area (Å²) in [6, 6.07) is 5.43. The van der Waals surface area contributed by atoms with Crippen LogP contribution in [0.3, 0.4) is 0 Å². The Morgan fingerprint density at radius 1 is 1.45 bits per heavy atom. The minimum absolute atomic E-state index is 0.226. The van der Waals surface area contributed by atoms with E-state index in [4.69, 9.17) is 4.74 Å². The molecule has 2 atom stereocenters. The summed E-state index contributed by atoms with van der Waals surface area (Å²) in [5, 5.41) is 0.608. The molecule has 0 aliphatic carbocycles. The molecule has 0 bridgehead atoms. The van der Waals surface area contributed by atoms with Crippen LogP contribution in [-0.4, -0.2) is 44.6 Å². The van der Waals surface area contributed by atoms with Gasteiger partial charge in [0.15, 0.2) is 0 Å². The molecule has 1 aromatic heterocycles. The van der Waals surface area contributed by atoms with E-state index in [9.17, 15) is 9.00 Å². The summed E-state index contributed by atoms with van der Waals surface area (Å²) < 4.78 is 17.7. The highest BCUT2D eigenvalue weighted by atomic mass is 32.2. The average Bonchev–Trinajstić information content (AvgIpc) is 2.46. The van der Waals surface area contributed by atoms with Gasteiger partial charge in [-0.1, -0.05) is 6.07 Å². The standard InChI is InChI=1S/C16H24N2O3S/c1-16(2,3)21-15(19)18-10-6-7-13(11-18)12-22(20)14-8-4-5-9-17-14/h4-5,8-9,13H,6-7,10-12H2,1-3H3/t13-,22+/m1/s1. The Morgan fingerprint density at radius 3 is 2.86 bits per heavy atom. The number of piperidine rings is 1. The molecular formula is C16H24N2O3S. The first-order valence-electron chi connectivity index (χ1n) is 7.62. The van der Waals surface area contributed by atoms with Crippen LogP contribution in [0.25, 0.3) is 0 Å². The number of ether oxygens (including phenoxy) is 1. The summed E-state index contributed by atoms with van der Waals surface area (Å²) in [5.74, 6) is 0.764. The number of nitrogens with zero attached hydrogens (tertiary/aromatic N) is 2. The van der Waals surface area contributed by atoms with Gasteiger partial charge in [-0.3, -0.25) is 4.21 Å². The van der Waals surface area contributed by atoms with Gasteiger partial charge >= 0.3 is 6.09 Å². The van der Waals surface area contributed by atoms with Crippen molar-refractivity contribution in [1.82, 2.24) is 9.88 Å². The third-order valence-corrected chi connectivity index (χ3v) is 4.91. The van der Waals surface area contributed by atoms with E-state index in [0.717, 1.165) is 12.8 Å². The van der Waals surface area contributed by atoms with Crippen molar-refractivity contribution in [2.75, 3.05) is 18.8 Å². The van der Waals surface area contributed by atoms with E-state index < -0.39 is 16.4 Å². The molecule has 22 heavy (non-hydrogen) atoms. The molecule has 0 aromatic carbocycles. The molecule has 0 saturated carbocycles. The molecule has 6 heteroatoms. The first-order chi connectivity index (χ1) is 10.3. The Morgan fingerprint density at radius 2 is 2.23 bits per heavy atom. The van der Waals surface area contributed by atoms with Crippen LogP contribution in [0.5, 0.6) is 0 Å². The molecule has 122 valence electrons. The molecule has 0 radical (unpaired) electrons. The molecule has 1 amide bonds. The molecule has 2 rings (SSSR count). The van der Waals surface area contributed by atoms with Gasteiger partial charge in [0.05, 0.1) is 10.8 Å². The zero-order chi connectivity index (χ0) is 16.2. The maximum atomic E-state index is 12.3. The second-order valence-electron chi connectivity index (χ2n) is 6.61. The number of amides is 1. The van der Waals surface area contributed by atoms with Crippen molar-refractivity contribution >= 4 is 16.9 Å². The molecule has 1 aliphatic heterocycles. The Hall–Kier alpha value is -1.43. The fourth-order valence-corrected chi connectivity index (χ4v) is 3.75. The van der Waals surface area contributed by atoms with Crippen molar-refractivity contribution in [2.24, 2.45) is 5.92 Å². The first kappa shape index (κ1) is 16.9. The van der Waals surface area contributed by atoms with Crippen LogP contribution in [0.1, 0.15) is 33.6 Å². The van der Waals surface area contributed by atoms with Crippen LogP contribution in [0.2, 0.25) is 0 Å². The predicted octanol–water partition coefficient (Wildman–Crippen LogP) is 2.84. The minimum atomic E-state index is -1.12. The van der Waals surface area contributed by atoms with Crippen LogP contribution < -0.4 is 0 Å². The van der Waals surface area contributed by atoms with Crippen LogP contribution in [0.15, 0.2) is 29.4 Å². The predicted molar refractivity (Wildman–Crippen MR) is 86.0 cm³/mol. The van der Waals surface area contributed by atoms with Gasteiger partial charge in [-0.15, -0.1) is 0 Å². The van der Waals surface area contributed by atoms with E-state index in [0.29, 0.717) is 23.9 Å². The molecule has 0 N–H and O–H groups in total. The topological polar surface area (TPSA) is 59.5 Å². The summed E-state index contributed by atoms with van der Waals surface area (Å²) >= 11 is 0. The summed E-state index contributed by atoms with van der Waals surface area (Å²) in [4.78, 5) is 18.0. The van der Waals surface area contributed by atoms with Gasteiger partial charge < -0.3 is 9.64 Å². The monoisotopic (exact) mass is 324 g/mol. The van der Waals surface area contributed by atoms with E-state index in [1.54, 1.807) is 17.2 Å². The lowest BCUT2D eigenvalue weighted by Crippen LogP contribution is -2.44. The van der Waals surface area contributed by atoms with Crippen molar-refractivity contribution in [2.45, 2.75) is 44.2 Å².